The van der Waals surface area contributed by atoms with E-state index in [1.165, 1.54) is 17.0 Å². The van der Waals surface area contributed by atoms with Gasteiger partial charge in [0.25, 0.3) is 5.91 Å². The zero-order valence-electron chi connectivity index (χ0n) is 17.4. The van der Waals surface area contributed by atoms with Crippen molar-refractivity contribution < 1.29 is 19.1 Å². The molecule has 0 bridgehead atoms. The third-order valence-electron chi connectivity index (χ3n) is 5.42. The van der Waals surface area contributed by atoms with Gasteiger partial charge in [0.1, 0.15) is 5.82 Å². The van der Waals surface area contributed by atoms with Crippen molar-refractivity contribution in [3.63, 3.8) is 0 Å². The summed E-state index contributed by atoms with van der Waals surface area (Å²) >= 11 is 17.7. The molecule has 172 valence electrons. The van der Waals surface area contributed by atoms with Gasteiger partial charge in [-0.05, 0) is 56.2 Å². The van der Waals surface area contributed by atoms with Crippen LogP contribution in [0.4, 0.5) is 14.9 Å². The molecule has 0 spiro atoms. The third kappa shape index (κ3) is 6.04. The number of anilines is 1. The summed E-state index contributed by atoms with van der Waals surface area (Å²) in [4.78, 5) is 28.5. The lowest BCUT2D eigenvalue weighted by Crippen LogP contribution is -2.53. The van der Waals surface area contributed by atoms with E-state index in [-0.39, 0.29) is 29.1 Å². The van der Waals surface area contributed by atoms with Crippen LogP contribution in [0.3, 0.4) is 0 Å². The highest BCUT2D eigenvalue weighted by Gasteiger charge is 2.36. The monoisotopic (exact) mass is 501 g/mol. The Hall–Kier alpha value is -2.06. The molecule has 32 heavy (non-hydrogen) atoms. The zero-order chi connectivity index (χ0) is 23.5. The minimum absolute atomic E-state index is 0.0939. The first-order valence-electron chi connectivity index (χ1n) is 10.1. The topological polar surface area (TPSA) is 72.9 Å². The Labute approximate surface area is 200 Å². The number of nitrogens with one attached hydrogen (secondary N) is 1. The van der Waals surface area contributed by atoms with Gasteiger partial charge in [-0.3, -0.25) is 4.79 Å². The molecular weight excluding hydrogens is 480 g/mol. The molecule has 1 heterocycles. The predicted octanol–water partition coefficient (Wildman–Crippen LogP) is 5.31. The molecule has 2 N–H and O–H groups in total. The molecule has 1 aliphatic heterocycles. The second-order valence-electron chi connectivity index (χ2n) is 7.75. The van der Waals surface area contributed by atoms with Crippen LogP contribution in [0.25, 0.3) is 0 Å². The Kier molecular flexibility index (Phi) is 7.88. The number of hydrogen-bond acceptors (Lipinski definition) is 3. The summed E-state index contributed by atoms with van der Waals surface area (Å²) in [5, 5.41) is 14.5. The number of likely N-dealkylation sites (tertiary alicyclic amines) is 1. The van der Waals surface area contributed by atoms with Crippen LogP contribution in [-0.4, -0.2) is 58.6 Å². The largest absolute Gasteiger partial charge is 0.388 e. The molecule has 1 fully saturated rings. The molecule has 2 aromatic carbocycles. The molecule has 0 aromatic heterocycles. The fourth-order valence-electron chi connectivity index (χ4n) is 3.61. The lowest BCUT2D eigenvalue weighted by atomic mass is 9.90. The van der Waals surface area contributed by atoms with Crippen LogP contribution in [0, 0.1) is 5.82 Å². The normalized spacial score (nSPS) is 15.4. The first kappa shape index (κ1) is 24.6. The highest BCUT2D eigenvalue weighted by atomic mass is 35.5. The number of amides is 3. The minimum atomic E-state index is -1.15. The highest BCUT2D eigenvalue weighted by molar-refractivity contribution is 6.35. The molecule has 0 unspecified atom stereocenters. The summed E-state index contributed by atoms with van der Waals surface area (Å²) in [6.07, 6.45) is 0.593. The molecule has 0 aliphatic carbocycles. The van der Waals surface area contributed by atoms with Gasteiger partial charge < -0.3 is 20.2 Å². The van der Waals surface area contributed by atoms with Crippen LogP contribution < -0.4 is 5.32 Å². The fraction of sp³-hybridized carbons (Fsp3) is 0.364. The average molecular weight is 503 g/mol. The number of aliphatic hydroxyl groups is 1. The summed E-state index contributed by atoms with van der Waals surface area (Å²) in [7, 11) is 0. The Balaban J connectivity index is 1.59. The summed E-state index contributed by atoms with van der Waals surface area (Å²) in [5.74, 6) is -0.948. The van der Waals surface area contributed by atoms with Crippen molar-refractivity contribution in [3.05, 3.63) is 62.8 Å². The van der Waals surface area contributed by atoms with Gasteiger partial charge >= 0.3 is 6.03 Å². The SMILES string of the molecule is CCN(CC1(O)CCN(C(=O)Nc2cc(Cl)cc(Cl)c2)CC1)C(=O)c1ccc(F)c(Cl)c1. The van der Waals surface area contributed by atoms with E-state index < -0.39 is 11.4 Å². The van der Waals surface area contributed by atoms with Crippen molar-refractivity contribution in [2.45, 2.75) is 25.4 Å². The molecule has 0 radical (unpaired) electrons. The van der Waals surface area contributed by atoms with Crippen LogP contribution in [0.15, 0.2) is 36.4 Å². The van der Waals surface area contributed by atoms with Crippen molar-refractivity contribution >= 4 is 52.4 Å². The van der Waals surface area contributed by atoms with Crippen LogP contribution in [0.5, 0.6) is 0 Å². The molecule has 3 rings (SSSR count). The van der Waals surface area contributed by atoms with Gasteiger partial charge in [-0.1, -0.05) is 34.8 Å². The van der Waals surface area contributed by atoms with Gasteiger partial charge in [0.05, 0.1) is 10.6 Å². The zero-order valence-corrected chi connectivity index (χ0v) is 19.6. The number of urea groups is 1. The molecule has 3 amide bonds. The maximum Gasteiger partial charge on any atom is 0.321 e. The third-order valence-corrected chi connectivity index (χ3v) is 6.14. The van der Waals surface area contributed by atoms with Crippen molar-refractivity contribution in [1.82, 2.24) is 9.80 Å². The number of carbonyl (C=O) groups is 2. The predicted molar refractivity (Wildman–Crippen MR) is 124 cm³/mol. The lowest BCUT2D eigenvalue weighted by molar-refractivity contribution is -0.0323. The number of rotatable bonds is 5. The Morgan fingerprint density at radius 1 is 1.12 bits per heavy atom. The molecule has 1 saturated heterocycles. The number of carbonyl (C=O) groups excluding carboxylic acids is 2. The minimum Gasteiger partial charge on any atom is -0.388 e. The van der Waals surface area contributed by atoms with Crippen LogP contribution in [0.2, 0.25) is 15.1 Å². The van der Waals surface area contributed by atoms with Gasteiger partial charge in [0.15, 0.2) is 0 Å². The van der Waals surface area contributed by atoms with Gasteiger partial charge in [-0.25, -0.2) is 9.18 Å². The fourth-order valence-corrected chi connectivity index (χ4v) is 4.31. The number of benzene rings is 2. The van der Waals surface area contributed by atoms with Gasteiger partial charge in [-0.2, -0.15) is 0 Å². The Morgan fingerprint density at radius 3 is 2.31 bits per heavy atom. The van der Waals surface area contributed by atoms with E-state index in [2.05, 4.69) is 5.32 Å². The Morgan fingerprint density at radius 2 is 1.75 bits per heavy atom. The van der Waals surface area contributed by atoms with Crippen molar-refractivity contribution in [3.8, 4) is 0 Å². The number of hydrogen-bond donors (Lipinski definition) is 2. The quantitative estimate of drug-likeness (QED) is 0.582. The molecule has 10 heteroatoms. The summed E-state index contributed by atoms with van der Waals surface area (Å²) < 4.78 is 13.4. The lowest BCUT2D eigenvalue weighted by Gasteiger charge is -2.40. The van der Waals surface area contributed by atoms with E-state index in [9.17, 15) is 19.1 Å². The van der Waals surface area contributed by atoms with E-state index in [4.69, 9.17) is 34.8 Å². The van der Waals surface area contributed by atoms with Crippen molar-refractivity contribution in [2.24, 2.45) is 0 Å². The van der Waals surface area contributed by atoms with E-state index >= 15 is 0 Å². The molecular formula is C22H23Cl3FN3O3. The maximum absolute atomic E-state index is 13.4. The average Bonchev–Trinajstić information content (AvgIpc) is 2.73. The van der Waals surface area contributed by atoms with Gasteiger partial charge in [0.2, 0.25) is 0 Å². The second-order valence-corrected chi connectivity index (χ2v) is 9.03. The van der Waals surface area contributed by atoms with Gasteiger partial charge in [-0.15, -0.1) is 0 Å². The summed E-state index contributed by atoms with van der Waals surface area (Å²) in [5.41, 5.74) is -0.418. The first-order valence-corrected chi connectivity index (χ1v) is 11.2. The van der Waals surface area contributed by atoms with Gasteiger partial charge in [0, 0.05) is 47.5 Å². The number of halogens is 4. The van der Waals surface area contributed by atoms with E-state index in [0.717, 1.165) is 6.07 Å². The van der Waals surface area contributed by atoms with Crippen LogP contribution in [0.1, 0.15) is 30.1 Å². The van der Waals surface area contributed by atoms with Crippen molar-refractivity contribution in [1.29, 1.82) is 0 Å². The van der Waals surface area contributed by atoms with E-state index in [1.54, 1.807) is 30.0 Å². The number of likely N-dealkylation sites (N-methyl/N-ethyl adjacent to an activating group) is 1. The highest BCUT2D eigenvalue weighted by Crippen LogP contribution is 2.27. The molecule has 1 aliphatic rings. The summed E-state index contributed by atoms with van der Waals surface area (Å²) in [6.45, 7) is 2.87. The maximum atomic E-state index is 13.4. The Bertz CT molecular complexity index is 993. The van der Waals surface area contributed by atoms with Crippen molar-refractivity contribution in [2.75, 3.05) is 31.5 Å². The van der Waals surface area contributed by atoms with Crippen LogP contribution >= 0.6 is 34.8 Å². The smallest absolute Gasteiger partial charge is 0.321 e. The standard InChI is InChI=1S/C22H23Cl3FN3O3/c1-2-28(20(30)14-3-4-19(26)18(25)9-14)13-22(32)5-7-29(8-6-22)21(31)27-17-11-15(23)10-16(24)12-17/h3-4,9-12,32H,2,5-8,13H2,1H3,(H,27,31). The molecule has 0 atom stereocenters. The molecule has 2 aromatic rings. The number of nitrogens with zero attached hydrogens (tertiary/aromatic N) is 2. The first-order chi connectivity index (χ1) is 15.1. The second kappa shape index (κ2) is 10.3. The van der Waals surface area contributed by atoms with Crippen LogP contribution in [-0.2, 0) is 0 Å². The van der Waals surface area contributed by atoms with E-state index in [1.807, 2.05) is 0 Å². The van der Waals surface area contributed by atoms with E-state index in [0.29, 0.717) is 48.2 Å². The molecule has 6 nitrogen and oxygen atoms in total. The number of piperidine rings is 1. The summed E-state index contributed by atoms with van der Waals surface area (Å²) in [6, 6.07) is 8.22. The molecule has 0 saturated carbocycles.